The van der Waals surface area contributed by atoms with Gasteiger partial charge in [-0.15, -0.1) is 0 Å². The molecule has 0 saturated heterocycles. The number of carbonyl (C=O) groups is 2. The van der Waals surface area contributed by atoms with Gasteiger partial charge in [0.1, 0.15) is 0 Å². The van der Waals surface area contributed by atoms with Crippen LogP contribution < -0.4 is 4.90 Å². The van der Waals surface area contributed by atoms with Crippen LogP contribution in [-0.2, 0) is 25.8 Å². The molecular formula is C26H29N3O6S. The van der Waals surface area contributed by atoms with Crippen LogP contribution in [-0.4, -0.2) is 48.3 Å². The number of hydrogen-bond donors (Lipinski definition) is 1. The quantitative estimate of drug-likeness (QED) is 0.544. The smallest absolute Gasteiger partial charge is 0.414 e. The molecule has 1 saturated carbocycles. The number of carboxylic acids is 1. The molecule has 1 fully saturated rings. The van der Waals surface area contributed by atoms with Crippen LogP contribution in [0.4, 0.5) is 10.5 Å². The Balaban J connectivity index is 1.71. The lowest BCUT2D eigenvalue weighted by Crippen LogP contribution is -2.42. The summed E-state index contributed by atoms with van der Waals surface area (Å²) in [6, 6.07) is 11.6. The van der Waals surface area contributed by atoms with Gasteiger partial charge in [-0.1, -0.05) is 18.2 Å². The molecule has 1 aliphatic carbocycles. The number of anilines is 1. The van der Waals surface area contributed by atoms with Gasteiger partial charge in [0.05, 0.1) is 34.6 Å². The maximum atomic E-state index is 13.8. The summed E-state index contributed by atoms with van der Waals surface area (Å²) in [6.45, 7) is 1.95. The Bertz CT molecular complexity index is 1420. The monoisotopic (exact) mass is 511 g/mol. The van der Waals surface area contributed by atoms with E-state index in [-0.39, 0.29) is 22.1 Å². The van der Waals surface area contributed by atoms with Gasteiger partial charge in [0, 0.05) is 17.6 Å². The fraction of sp³-hybridized carbons (Fsp3) is 0.423. The summed E-state index contributed by atoms with van der Waals surface area (Å²) >= 11 is 0. The number of benzene rings is 2. The molecule has 10 heteroatoms. The van der Waals surface area contributed by atoms with Crippen molar-refractivity contribution in [2.24, 2.45) is 5.92 Å². The van der Waals surface area contributed by atoms with Gasteiger partial charge < -0.3 is 14.4 Å². The topological polar surface area (TPSA) is 119 Å². The number of carbonyl (C=O) groups excluding carboxylic acids is 1. The normalized spacial score (nSPS) is 22.3. The summed E-state index contributed by atoms with van der Waals surface area (Å²) in [5, 5.41) is 9.40. The molecule has 190 valence electrons. The first-order valence-electron chi connectivity index (χ1n) is 12.2. The number of fused-ring (bicyclic) bond motifs is 3. The first-order valence-corrected chi connectivity index (χ1v) is 13.7. The third-order valence-corrected chi connectivity index (χ3v) is 9.16. The van der Waals surface area contributed by atoms with Gasteiger partial charge >= 0.3 is 12.1 Å². The van der Waals surface area contributed by atoms with Crippen LogP contribution in [0.1, 0.15) is 50.6 Å². The van der Waals surface area contributed by atoms with Crippen molar-refractivity contribution in [2.45, 2.75) is 67.6 Å². The number of imidazole rings is 1. The second kappa shape index (κ2) is 9.24. The van der Waals surface area contributed by atoms with E-state index in [2.05, 4.69) is 0 Å². The summed E-state index contributed by atoms with van der Waals surface area (Å²) in [5.41, 5.74) is 2.74. The molecule has 1 atom stereocenters. The minimum atomic E-state index is -3.95. The van der Waals surface area contributed by atoms with Crippen molar-refractivity contribution in [3.63, 3.8) is 0 Å². The number of hydrogen-bond acceptors (Lipinski definition) is 6. The van der Waals surface area contributed by atoms with E-state index in [1.807, 2.05) is 19.1 Å². The Hall–Kier alpha value is -3.40. The number of rotatable bonds is 4. The molecule has 0 bridgehead atoms. The highest BCUT2D eigenvalue weighted by atomic mass is 32.2. The standard InChI is InChI=1S/C26H29N3O6S/c1-16-8-13-20-21(28(16)26(32)35-2)14-15-22-23(20)27-25(36(33,34)19-6-4-3-5-7-19)29(22)18-11-9-17(10-12-18)24(30)31/h3-7,14-18H,8-13H2,1-2H3,(H,30,31)/t16-,17-,18-/m0/s1. The van der Waals surface area contributed by atoms with E-state index >= 15 is 0 Å². The number of ether oxygens (including phenoxy) is 1. The molecule has 0 spiro atoms. The lowest BCUT2D eigenvalue weighted by Gasteiger charge is -2.34. The van der Waals surface area contributed by atoms with Crippen molar-refractivity contribution in [1.29, 1.82) is 0 Å². The molecule has 2 heterocycles. The number of sulfone groups is 1. The summed E-state index contributed by atoms with van der Waals surface area (Å²) in [7, 11) is -2.61. The lowest BCUT2D eigenvalue weighted by atomic mass is 9.86. The predicted octanol–water partition coefficient (Wildman–Crippen LogP) is 4.59. The predicted molar refractivity (Wildman–Crippen MR) is 133 cm³/mol. The molecule has 9 nitrogen and oxygen atoms in total. The number of aromatic nitrogens is 2. The lowest BCUT2D eigenvalue weighted by molar-refractivity contribution is -0.143. The number of carboxylic acid groups (broad SMARTS) is 1. The average molecular weight is 512 g/mol. The van der Waals surface area contributed by atoms with Gasteiger partial charge in [-0.3, -0.25) is 9.69 Å². The molecule has 2 aliphatic rings. The van der Waals surface area contributed by atoms with Gasteiger partial charge in [-0.05, 0) is 69.7 Å². The summed E-state index contributed by atoms with van der Waals surface area (Å²) in [6.07, 6.45) is 2.91. The molecular weight excluding hydrogens is 482 g/mol. The molecule has 3 aromatic rings. The van der Waals surface area contributed by atoms with Crippen molar-refractivity contribution in [3.05, 3.63) is 48.0 Å². The molecule has 1 aromatic heterocycles. The SMILES string of the molecule is COC(=O)N1c2ccc3c(nc(S(=O)(=O)c4ccccc4)n3[C@H]3CC[C@H](C(=O)O)CC3)c2CC[C@@H]1C. The van der Waals surface area contributed by atoms with Crippen LogP contribution in [0.25, 0.3) is 11.0 Å². The van der Waals surface area contributed by atoms with E-state index in [1.165, 1.54) is 7.11 Å². The molecule has 0 radical (unpaired) electrons. The van der Waals surface area contributed by atoms with Gasteiger partial charge in [-0.25, -0.2) is 18.2 Å². The van der Waals surface area contributed by atoms with Crippen LogP contribution in [0, 0.1) is 5.92 Å². The largest absolute Gasteiger partial charge is 0.481 e. The van der Waals surface area contributed by atoms with Gasteiger partial charge in [0.15, 0.2) is 0 Å². The molecule has 1 aliphatic heterocycles. The Morgan fingerprint density at radius 3 is 2.36 bits per heavy atom. The third kappa shape index (κ3) is 3.93. The fourth-order valence-electron chi connectivity index (χ4n) is 5.58. The highest BCUT2D eigenvalue weighted by Gasteiger charge is 2.36. The second-order valence-electron chi connectivity index (χ2n) is 9.58. The van der Waals surface area contributed by atoms with Crippen molar-refractivity contribution in [1.82, 2.24) is 9.55 Å². The van der Waals surface area contributed by atoms with Crippen molar-refractivity contribution >= 4 is 38.6 Å². The third-order valence-electron chi connectivity index (χ3n) is 7.50. The van der Waals surface area contributed by atoms with E-state index in [0.717, 1.165) is 5.56 Å². The van der Waals surface area contributed by atoms with Crippen LogP contribution in [0.2, 0.25) is 0 Å². The first-order chi connectivity index (χ1) is 17.2. The molecule has 0 unspecified atom stereocenters. The van der Waals surface area contributed by atoms with E-state index in [4.69, 9.17) is 9.72 Å². The van der Waals surface area contributed by atoms with E-state index in [9.17, 15) is 23.1 Å². The van der Waals surface area contributed by atoms with Crippen molar-refractivity contribution in [2.75, 3.05) is 12.0 Å². The Labute approximate surface area is 209 Å². The minimum absolute atomic E-state index is 0.0425. The summed E-state index contributed by atoms with van der Waals surface area (Å²) < 4.78 is 34.4. The van der Waals surface area contributed by atoms with E-state index in [1.54, 1.807) is 39.8 Å². The maximum Gasteiger partial charge on any atom is 0.414 e. The van der Waals surface area contributed by atoms with Crippen molar-refractivity contribution < 1.29 is 27.9 Å². The van der Waals surface area contributed by atoms with Crippen molar-refractivity contribution in [3.8, 4) is 0 Å². The van der Waals surface area contributed by atoms with Crippen LogP contribution >= 0.6 is 0 Å². The minimum Gasteiger partial charge on any atom is -0.481 e. The zero-order valence-electron chi connectivity index (χ0n) is 20.3. The van der Waals surface area contributed by atoms with E-state index < -0.39 is 27.8 Å². The molecule has 2 aromatic carbocycles. The van der Waals surface area contributed by atoms with Gasteiger partial charge in [0.2, 0.25) is 15.0 Å². The number of amides is 1. The highest BCUT2D eigenvalue weighted by Crippen LogP contribution is 2.41. The molecule has 1 N–H and O–H groups in total. The van der Waals surface area contributed by atoms with Crippen LogP contribution in [0.3, 0.4) is 0 Å². The number of nitrogens with zero attached hydrogens (tertiary/aromatic N) is 3. The average Bonchev–Trinajstić information content (AvgIpc) is 3.29. The molecule has 5 rings (SSSR count). The molecule has 1 amide bonds. The number of methoxy groups -OCH3 is 1. The summed E-state index contributed by atoms with van der Waals surface area (Å²) in [5.74, 6) is -1.24. The van der Waals surface area contributed by atoms with Crippen LogP contribution in [0.15, 0.2) is 52.5 Å². The Morgan fingerprint density at radius 1 is 1.03 bits per heavy atom. The Morgan fingerprint density at radius 2 is 1.72 bits per heavy atom. The first kappa shape index (κ1) is 24.3. The zero-order valence-corrected chi connectivity index (χ0v) is 21.1. The fourth-order valence-corrected chi connectivity index (χ4v) is 7.03. The Kier molecular flexibility index (Phi) is 6.23. The van der Waals surface area contributed by atoms with Gasteiger partial charge in [-0.2, -0.15) is 0 Å². The molecule has 36 heavy (non-hydrogen) atoms. The second-order valence-corrected chi connectivity index (χ2v) is 11.4. The summed E-state index contributed by atoms with van der Waals surface area (Å²) in [4.78, 5) is 30.5. The van der Waals surface area contributed by atoms with Crippen LogP contribution in [0.5, 0.6) is 0 Å². The number of aryl methyl sites for hydroxylation is 1. The maximum absolute atomic E-state index is 13.8. The number of aliphatic carboxylic acids is 1. The van der Waals surface area contributed by atoms with Gasteiger partial charge in [0.25, 0.3) is 0 Å². The van der Waals surface area contributed by atoms with E-state index in [0.29, 0.717) is 55.2 Å². The highest BCUT2D eigenvalue weighted by molar-refractivity contribution is 7.91. The zero-order chi connectivity index (χ0) is 25.6.